The maximum Gasteiger partial charge on any atom is 0.120 e. The molecule has 0 saturated heterocycles. The van der Waals surface area contributed by atoms with Gasteiger partial charge >= 0.3 is 0 Å². The van der Waals surface area contributed by atoms with E-state index in [2.05, 4.69) is 17.2 Å². The van der Waals surface area contributed by atoms with Crippen molar-refractivity contribution in [3.63, 3.8) is 0 Å². The van der Waals surface area contributed by atoms with Crippen LogP contribution in [0.4, 0.5) is 17.1 Å². The second-order valence-electron chi connectivity index (χ2n) is 5.32. The molecule has 23 heavy (non-hydrogen) atoms. The van der Waals surface area contributed by atoms with Gasteiger partial charge in [-0.05, 0) is 43.7 Å². The van der Waals surface area contributed by atoms with Crippen LogP contribution >= 0.6 is 11.6 Å². The lowest BCUT2D eigenvalue weighted by atomic mass is 10.2. The van der Waals surface area contributed by atoms with Gasteiger partial charge in [-0.2, -0.15) is 0 Å². The maximum atomic E-state index is 6.50. The first-order valence-electron chi connectivity index (χ1n) is 7.49. The highest BCUT2D eigenvalue weighted by atomic mass is 35.5. The van der Waals surface area contributed by atoms with Crippen LogP contribution in [-0.4, -0.2) is 31.9 Å². The molecule has 122 valence electrons. The van der Waals surface area contributed by atoms with Crippen molar-refractivity contribution < 1.29 is 4.74 Å². The van der Waals surface area contributed by atoms with Crippen molar-refractivity contribution in [2.24, 2.45) is 4.99 Å². The molecule has 1 N–H and O–H groups in total. The van der Waals surface area contributed by atoms with Crippen LogP contribution in [0.1, 0.15) is 12.5 Å². The van der Waals surface area contributed by atoms with Crippen molar-refractivity contribution in [1.29, 1.82) is 0 Å². The molecule has 0 spiro atoms. The largest absolute Gasteiger partial charge is 0.497 e. The van der Waals surface area contributed by atoms with E-state index >= 15 is 0 Å². The number of aryl methyl sites for hydroxylation is 1. The highest BCUT2D eigenvalue weighted by Gasteiger charge is 2.08. The van der Waals surface area contributed by atoms with Crippen LogP contribution in [0.15, 0.2) is 41.4 Å². The Kier molecular flexibility index (Phi) is 5.88. The van der Waals surface area contributed by atoms with E-state index in [-0.39, 0.29) is 0 Å². The molecule has 0 saturated carbocycles. The second kappa shape index (κ2) is 7.88. The van der Waals surface area contributed by atoms with Crippen molar-refractivity contribution in [1.82, 2.24) is 4.90 Å². The standard InChI is InChI=1S/C18H22ClN3O/c1-5-22(3)12-20-16-9-13(2)10-17(18(16)19)21-14-7-6-8-15(11-14)23-4/h6-12,21H,5H2,1-4H3. The number of hydrogen-bond acceptors (Lipinski definition) is 3. The molecule has 2 rings (SSSR count). The van der Waals surface area contributed by atoms with Gasteiger partial charge in [0.1, 0.15) is 5.75 Å². The lowest BCUT2D eigenvalue weighted by Crippen LogP contribution is -2.14. The van der Waals surface area contributed by atoms with Gasteiger partial charge in [-0.1, -0.05) is 17.7 Å². The van der Waals surface area contributed by atoms with E-state index in [1.807, 2.05) is 55.3 Å². The first-order chi connectivity index (χ1) is 11.0. The third-order valence-electron chi connectivity index (χ3n) is 3.44. The number of benzene rings is 2. The highest BCUT2D eigenvalue weighted by Crippen LogP contribution is 2.36. The monoisotopic (exact) mass is 331 g/mol. The molecule has 0 aromatic heterocycles. The topological polar surface area (TPSA) is 36.9 Å². The molecule has 0 heterocycles. The molecule has 0 aliphatic rings. The van der Waals surface area contributed by atoms with E-state index in [0.717, 1.165) is 34.9 Å². The van der Waals surface area contributed by atoms with Crippen LogP contribution in [-0.2, 0) is 0 Å². The summed E-state index contributed by atoms with van der Waals surface area (Å²) in [5.41, 5.74) is 3.58. The van der Waals surface area contributed by atoms with Crippen LogP contribution in [0.2, 0.25) is 5.02 Å². The van der Waals surface area contributed by atoms with E-state index in [0.29, 0.717) is 5.02 Å². The fourth-order valence-electron chi connectivity index (χ4n) is 2.03. The van der Waals surface area contributed by atoms with E-state index in [1.54, 1.807) is 13.4 Å². The Hall–Kier alpha value is -2.20. The van der Waals surface area contributed by atoms with Crippen LogP contribution in [0.5, 0.6) is 5.75 Å². The van der Waals surface area contributed by atoms with Gasteiger partial charge in [0.2, 0.25) is 0 Å². The number of nitrogens with zero attached hydrogens (tertiary/aromatic N) is 2. The third-order valence-corrected chi connectivity index (χ3v) is 3.84. The Morgan fingerprint density at radius 2 is 2.09 bits per heavy atom. The van der Waals surface area contributed by atoms with Gasteiger partial charge in [-0.3, -0.25) is 0 Å². The lowest BCUT2D eigenvalue weighted by Gasteiger charge is -2.13. The molecule has 0 amide bonds. The molecule has 0 unspecified atom stereocenters. The van der Waals surface area contributed by atoms with Gasteiger partial charge in [0.05, 0.1) is 29.8 Å². The summed E-state index contributed by atoms with van der Waals surface area (Å²) >= 11 is 6.50. The van der Waals surface area contributed by atoms with Crippen molar-refractivity contribution in [2.45, 2.75) is 13.8 Å². The minimum absolute atomic E-state index is 0.596. The minimum atomic E-state index is 0.596. The molecule has 0 atom stereocenters. The normalized spacial score (nSPS) is 10.8. The molecule has 2 aromatic rings. The molecular formula is C18H22ClN3O. The molecular weight excluding hydrogens is 310 g/mol. The summed E-state index contributed by atoms with van der Waals surface area (Å²) in [4.78, 5) is 6.47. The van der Waals surface area contributed by atoms with E-state index in [4.69, 9.17) is 16.3 Å². The average Bonchev–Trinajstić information content (AvgIpc) is 2.56. The third kappa shape index (κ3) is 4.63. The summed E-state index contributed by atoms with van der Waals surface area (Å²) in [6.45, 7) is 4.98. The predicted octanol–water partition coefficient (Wildman–Crippen LogP) is 5.01. The zero-order valence-electron chi connectivity index (χ0n) is 13.9. The number of hydrogen-bond donors (Lipinski definition) is 1. The first-order valence-corrected chi connectivity index (χ1v) is 7.87. The zero-order chi connectivity index (χ0) is 16.8. The maximum absolute atomic E-state index is 6.50. The van der Waals surface area contributed by atoms with Crippen LogP contribution in [0, 0.1) is 6.92 Å². The molecule has 0 bridgehead atoms. The summed E-state index contributed by atoms with van der Waals surface area (Å²) in [6.07, 6.45) is 1.79. The number of anilines is 2. The summed E-state index contributed by atoms with van der Waals surface area (Å²) in [6, 6.07) is 11.7. The number of halogens is 1. The van der Waals surface area contributed by atoms with Crippen LogP contribution in [0.3, 0.4) is 0 Å². The fraction of sp³-hybridized carbons (Fsp3) is 0.278. The van der Waals surface area contributed by atoms with Crippen LogP contribution < -0.4 is 10.1 Å². The number of rotatable bonds is 6. The highest BCUT2D eigenvalue weighted by molar-refractivity contribution is 6.36. The van der Waals surface area contributed by atoms with Gasteiger partial charge in [0.15, 0.2) is 0 Å². The Bertz CT molecular complexity index is 701. The number of nitrogens with one attached hydrogen (secondary N) is 1. The summed E-state index contributed by atoms with van der Waals surface area (Å²) in [5.74, 6) is 0.793. The molecule has 0 aliphatic heterocycles. The van der Waals surface area contributed by atoms with E-state index in [9.17, 15) is 0 Å². The van der Waals surface area contributed by atoms with Crippen molar-refractivity contribution in [2.75, 3.05) is 26.0 Å². The molecule has 2 aromatic carbocycles. The predicted molar refractivity (Wildman–Crippen MR) is 98.9 cm³/mol. The average molecular weight is 332 g/mol. The van der Waals surface area contributed by atoms with Crippen LogP contribution in [0.25, 0.3) is 0 Å². The Morgan fingerprint density at radius 1 is 1.30 bits per heavy atom. The fourth-order valence-corrected chi connectivity index (χ4v) is 2.24. The molecule has 5 heteroatoms. The number of ether oxygens (including phenoxy) is 1. The van der Waals surface area contributed by atoms with Gasteiger partial charge in [-0.15, -0.1) is 0 Å². The van der Waals surface area contributed by atoms with Gasteiger partial charge in [0.25, 0.3) is 0 Å². The van der Waals surface area contributed by atoms with Crippen molar-refractivity contribution in [3.05, 3.63) is 47.0 Å². The zero-order valence-corrected chi connectivity index (χ0v) is 14.7. The van der Waals surface area contributed by atoms with Gasteiger partial charge < -0.3 is 15.0 Å². The summed E-state index contributed by atoms with van der Waals surface area (Å²) in [7, 11) is 3.62. The van der Waals surface area contributed by atoms with Gasteiger partial charge in [0, 0.05) is 25.3 Å². The van der Waals surface area contributed by atoms with Gasteiger partial charge in [-0.25, -0.2) is 4.99 Å². The molecule has 4 nitrogen and oxygen atoms in total. The summed E-state index contributed by atoms with van der Waals surface area (Å²) < 4.78 is 5.25. The number of methoxy groups -OCH3 is 1. The molecule has 0 radical (unpaired) electrons. The lowest BCUT2D eigenvalue weighted by molar-refractivity contribution is 0.415. The van der Waals surface area contributed by atoms with Crippen molar-refractivity contribution >= 4 is 35.0 Å². The number of aliphatic imine (C=N–C) groups is 1. The van der Waals surface area contributed by atoms with E-state index < -0.39 is 0 Å². The Morgan fingerprint density at radius 3 is 2.78 bits per heavy atom. The molecule has 0 aliphatic carbocycles. The summed E-state index contributed by atoms with van der Waals surface area (Å²) in [5, 5.41) is 3.93. The van der Waals surface area contributed by atoms with E-state index in [1.165, 1.54) is 0 Å². The minimum Gasteiger partial charge on any atom is -0.497 e. The first kappa shape index (κ1) is 17.2. The smallest absolute Gasteiger partial charge is 0.120 e. The quantitative estimate of drug-likeness (QED) is 0.597. The Labute approximate surface area is 142 Å². The molecule has 0 fully saturated rings. The van der Waals surface area contributed by atoms with Crippen molar-refractivity contribution in [3.8, 4) is 5.75 Å². The SMILES string of the molecule is CCN(C)C=Nc1cc(C)cc(Nc2cccc(OC)c2)c1Cl. The second-order valence-corrected chi connectivity index (χ2v) is 5.70. The Balaban J connectivity index is 2.31.